The highest BCUT2D eigenvalue weighted by atomic mass is 16.2. The Kier molecular flexibility index (Phi) is 6.98. The number of unbranched alkanes of at least 4 members (excludes halogenated alkanes) is 1. The molecule has 30 heavy (non-hydrogen) atoms. The molecule has 0 N–H and O–H groups in total. The number of carbonyl (C=O) groups is 3. The predicted octanol–water partition coefficient (Wildman–Crippen LogP) is 2.97. The van der Waals surface area contributed by atoms with Crippen LogP contribution in [0.15, 0.2) is 54.7 Å². The van der Waals surface area contributed by atoms with Crippen molar-refractivity contribution in [2.24, 2.45) is 0 Å². The van der Waals surface area contributed by atoms with Crippen LogP contribution < -0.4 is 0 Å². The minimum Gasteiger partial charge on any atom is -0.346 e. The van der Waals surface area contributed by atoms with Gasteiger partial charge in [0.1, 0.15) is 0 Å². The van der Waals surface area contributed by atoms with Crippen molar-refractivity contribution in [3.63, 3.8) is 0 Å². The van der Waals surface area contributed by atoms with Gasteiger partial charge in [-0.2, -0.15) is 0 Å². The number of aromatic nitrogens is 1. The van der Waals surface area contributed by atoms with Crippen molar-refractivity contribution < 1.29 is 14.4 Å². The molecule has 0 bridgehead atoms. The quantitative estimate of drug-likeness (QED) is 0.599. The van der Waals surface area contributed by atoms with Gasteiger partial charge in [0.15, 0.2) is 0 Å². The fraction of sp³-hybridized carbons (Fsp3) is 0.417. The molecule has 0 spiro atoms. The molecule has 0 saturated carbocycles. The summed E-state index contributed by atoms with van der Waals surface area (Å²) in [6.07, 6.45) is 4.10. The van der Waals surface area contributed by atoms with Crippen molar-refractivity contribution in [3.05, 3.63) is 66.0 Å². The smallest absolute Gasteiger partial charge is 0.240 e. The zero-order valence-electron chi connectivity index (χ0n) is 17.7. The van der Waals surface area contributed by atoms with E-state index in [2.05, 4.69) is 11.9 Å². The van der Waals surface area contributed by atoms with E-state index < -0.39 is 5.41 Å². The fourth-order valence-electron chi connectivity index (χ4n) is 3.94. The summed E-state index contributed by atoms with van der Waals surface area (Å²) in [6.45, 7) is 2.98. The van der Waals surface area contributed by atoms with Crippen LogP contribution in [0.25, 0.3) is 0 Å². The fourth-order valence-corrected chi connectivity index (χ4v) is 3.94. The molecule has 0 unspecified atom stereocenters. The second-order valence-electron chi connectivity index (χ2n) is 7.89. The highest BCUT2D eigenvalue weighted by Gasteiger charge is 2.53. The summed E-state index contributed by atoms with van der Waals surface area (Å²) in [5.74, 6) is -0.629. The molecule has 1 saturated heterocycles. The number of amides is 3. The average Bonchev–Trinajstić information content (AvgIpc) is 3.01. The van der Waals surface area contributed by atoms with Crippen molar-refractivity contribution in [2.75, 3.05) is 20.1 Å². The maximum absolute atomic E-state index is 13.5. The van der Waals surface area contributed by atoms with Crippen molar-refractivity contribution in [3.8, 4) is 0 Å². The monoisotopic (exact) mass is 407 g/mol. The number of hydrogen-bond acceptors (Lipinski definition) is 4. The Morgan fingerprint density at radius 2 is 1.87 bits per heavy atom. The van der Waals surface area contributed by atoms with Gasteiger partial charge < -0.3 is 4.90 Å². The van der Waals surface area contributed by atoms with Crippen LogP contribution in [0, 0.1) is 0 Å². The van der Waals surface area contributed by atoms with Gasteiger partial charge in [-0.15, -0.1) is 0 Å². The standard InChI is InChI=1S/C24H29N3O3/c1-3-4-15-26(2)21(28)17-24(19-10-6-5-7-11-19)18-22(29)27(23(24)30)16-13-20-12-8-9-14-25-20/h5-12,14H,3-4,13,15-18H2,1-2H3/t24-/m1/s1. The summed E-state index contributed by atoms with van der Waals surface area (Å²) >= 11 is 0. The van der Waals surface area contributed by atoms with Crippen LogP contribution in [0.1, 0.15) is 43.9 Å². The van der Waals surface area contributed by atoms with Gasteiger partial charge in [0.2, 0.25) is 17.7 Å². The van der Waals surface area contributed by atoms with E-state index in [1.807, 2.05) is 48.5 Å². The van der Waals surface area contributed by atoms with E-state index in [9.17, 15) is 14.4 Å². The Labute approximate surface area is 177 Å². The minimum atomic E-state index is -1.14. The summed E-state index contributed by atoms with van der Waals surface area (Å²) < 4.78 is 0. The number of nitrogens with zero attached hydrogens (tertiary/aromatic N) is 3. The predicted molar refractivity (Wildman–Crippen MR) is 115 cm³/mol. The second-order valence-corrected chi connectivity index (χ2v) is 7.89. The number of likely N-dealkylation sites (tertiary alicyclic amines) is 1. The lowest BCUT2D eigenvalue weighted by Gasteiger charge is -2.29. The van der Waals surface area contributed by atoms with Gasteiger partial charge >= 0.3 is 0 Å². The summed E-state index contributed by atoms with van der Waals surface area (Å²) in [5.41, 5.74) is 0.409. The Balaban J connectivity index is 1.84. The number of hydrogen-bond donors (Lipinski definition) is 0. The Hall–Kier alpha value is -3.02. The molecule has 1 aromatic heterocycles. The largest absolute Gasteiger partial charge is 0.346 e. The van der Waals surface area contributed by atoms with Crippen LogP contribution in [0.5, 0.6) is 0 Å². The maximum atomic E-state index is 13.5. The van der Waals surface area contributed by atoms with Crippen LogP contribution in [0.2, 0.25) is 0 Å². The van der Waals surface area contributed by atoms with Gasteiger partial charge in [-0.3, -0.25) is 24.3 Å². The zero-order chi connectivity index (χ0) is 21.6. The van der Waals surface area contributed by atoms with Crippen molar-refractivity contribution >= 4 is 17.7 Å². The van der Waals surface area contributed by atoms with E-state index in [0.29, 0.717) is 13.0 Å². The first kappa shape index (κ1) is 21.7. The second kappa shape index (κ2) is 9.65. The van der Waals surface area contributed by atoms with E-state index in [0.717, 1.165) is 24.1 Å². The lowest BCUT2D eigenvalue weighted by Crippen LogP contribution is -2.43. The van der Waals surface area contributed by atoms with Crippen molar-refractivity contribution in [1.29, 1.82) is 0 Å². The third-order valence-electron chi connectivity index (χ3n) is 5.78. The molecule has 0 aliphatic carbocycles. The molecule has 3 amide bonds. The van der Waals surface area contributed by atoms with Crippen LogP contribution in [0.3, 0.4) is 0 Å². The Morgan fingerprint density at radius 1 is 1.13 bits per heavy atom. The lowest BCUT2D eigenvalue weighted by atomic mass is 9.75. The van der Waals surface area contributed by atoms with Gasteiger partial charge in [-0.1, -0.05) is 49.7 Å². The first-order valence-corrected chi connectivity index (χ1v) is 10.5. The molecule has 6 heteroatoms. The van der Waals surface area contributed by atoms with Crippen molar-refractivity contribution in [2.45, 2.75) is 44.4 Å². The molecule has 1 fully saturated rings. The minimum absolute atomic E-state index is 0.00187. The molecule has 2 heterocycles. The van der Waals surface area contributed by atoms with Crippen molar-refractivity contribution in [1.82, 2.24) is 14.8 Å². The molecule has 1 aliphatic rings. The van der Waals surface area contributed by atoms with Gasteiger partial charge in [0.05, 0.1) is 5.41 Å². The zero-order valence-corrected chi connectivity index (χ0v) is 17.7. The SMILES string of the molecule is CCCCN(C)C(=O)C[C@]1(c2ccccc2)CC(=O)N(CCc2ccccn2)C1=O. The van der Waals surface area contributed by atoms with Gasteiger partial charge in [0, 0.05) is 51.3 Å². The first-order chi connectivity index (χ1) is 14.5. The van der Waals surface area contributed by atoms with Crippen LogP contribution in [0.4, 0.5) is 0 Å². The topological polar surface area (TPSA) is 70.6 Å². The molecular formula is C24H29N3O3. The third kappa shape index (κ3) is 4.58. The molecular weight excluding hydrogens is 378 g/mol. The van der Waals surface area contributed by atoms with E-state index in [4.69, 9.17) is 0 Å². The van der Waals surface area contributed by atoms with Crippen LogP contribution >= 0.6 is 0 Å². The van der Waals surface area contributed by atoms with E-state index in [1.54, 1.807) is 18.1 Å². The van der Waals surface area contributed by atoms with Gasteiger partial charge in [-0.05, 0) is 24.1 Å². The number of carbonyl (C=O) groups excluding carboxylic acids is 3. The molecule has 6 nitrogen and oxygen atoms in total. The molecule has 1 atom stereocenters. The van der Waals surface area contributed by atoms with Gasteiger partial charge in [0.25, 0.3) is 0 Å². The van der Waals surface area contributed by atoms with E-state index >= 15 is 0 Å². The highest BCUT2D eigenvalue weighted by Crippen LogP contribution is 2.40. The Morgan fingerprint density at radius 3 is 2.53 bits per heavy atom. The van der Waals surface area contributed by atoms with Crippen LogP contribution in [-0.4, -0.2) is 52.6 Å². The number of benzene rings is 1. The van der Waals surface area contributed by atoms with Crippen LogP contribution in [-0.2, 0) is 26.2 Å². The molecule has 2 aromatic rings. The molecule has 158 valence electrons. The maximum Gasteiger partial charge on any atom is 0.240 e. The molecule has 0 radical (unpaired) electrons. The lowest BCUT2D eigenvalue weighted by molar-refractivity contribution is -0.142. The number of rotatable bonds is 9. The third-order valence-corrected chi connectivity index (χ3v) is 5.78. The number of imide groups is 1. The highest BCUT2D eigenvalue weighted by molar-refractivity contribution is 6.10. The summed E-state index contributed by atoms with van der Waals surface area (Å²) in [4.78, 5) is 46.6. The normalized spacial score (nSPS) is 18.7. The molecule has 1 aromatic carbocycles. The van der Waals surface area contributed by atoms with E-state index in [1.165, 1.54) is 4.90 Å². The molecule has 1 aliphatic heterocycles. The van der Waals surface area contributed by atoms with E-state index in [-0.39, 0.29) is 37.1 Å². The van der Waals surface area contributed by atoms with Gasteiger partial charge in [-0.25, -0.2) is 0 Å². The Bertz CT molecular complexity index is 885. The summed E-state index contributed by atoms with van der Waals surface area (Å²) in [7, 11) is 1.76. The first-order valence-electron chi connectivity index (χ1n) is 10.5. The summed E-state index contributed by atoms with van der Waals surface area (Å²) in [6, 6.07) is 14.8. The summed E-state index contributed by atoms with van der Waals surface area (Å²) in [5, 5.41) is 0. The number of pyridine rings is 1. The average molecular weight is 408 g/mol. The molecule has 3 rings (SSSR count).